The van der Waals surface area contributed by atoms with Gasteiger partial charge < -0.3 is 14.4 Å². The molecule has 12 heteroatoms. The van der Waals surface area contributed by atoms with Crippen molar-refractivity contribution < 1.29 is 17.2 Å². The summed E-state index contributed by atoms with van der Waals surface area (Å²) in [4.78, 5) is 17.9. The van der Waals surface area contributed by atoms with Crippen molar-refractivity contribution in [1.29, 1.82) is 0 Å². The van der Waals surface area contributed by atoms with E-state index < -0.39 is 27.3 Å². The Labute approximate surface area is 239 Å². The number of piperidine rings is 1. The van der Waals surface area contributed by atoms with E-state index in [4.69, 9.17) is 4.98 Å². The van der Waals surface area contributed by atoms with Gasteiger partial charge in [-0.15, -0.1) is 0 Å². The summed E-state index contributed by atoms with van der Waals surface area (Å²) in [6, 6.07) is 6.60. The zero-order chi connectivity index (χ0) is 29.3. The number of fused-ring (bicyclic) bond motifs is 1. The molecule has 4 aromatic rings. The summed E-state index contributed by atoms with van der Waals surface area (Å²) < 4.78 is 59.4. The minimum Gasteiger partial charge on any atom is -0.357 e. The highest BCUT2D eigenvalue weighted by molar-refractivity contribution is 7.92. The second-order valence-corrected chi connectivity index (χ2v) is 12.6. The lowest BCUT2D eigenvalue weighted by molar-refractivity contribution is 0.171. The molecule has 0 bridgehead atoms. The highest BCUT2D eigenvalue weighted by Gasteiger charge is 2.26. The number of benzene rings is 1. The van der Waals surface area contributed by atoms with Crippen LogP contribution in [0.2, 0.25) is 0 Å². The normalized spacial score (nSPS) is 15.1. The molecule has 3 aromatic heterocycles. The maximum Gasteiger partial charge on any atom is 0.232 e. The van der Waals surface area contributed by atoms with Crippen molar-refractivity contribution in [3.05, 3.63) is 60.8 Å². The van der Waals surface area contributed by atoms with E-state index in [0.717, 1.165) is 43.9 Å². The molecule has 1 N–H and O–H groups in total. The van der Waals surface area contributed by atoms with Crippen molar-refractivity contribution in [3.8, 4) is 16.8 Å². The molecule has 0 saturated carbocycles. The van der Waals surface area contributed by atoms with Gasteiger partial charge in [0.25, 0.3) is 0 Å². The Morgan fingerprint density at radius 2 is 1.80 bits per heavy atom. The summed E-state index contributed by atoms with van der Waals surface area (Å²) in [5.41, 5.74) is 1.49. The number of hydrogen-bond acceptors (Lipinski definition) is 7. The number of anilines is 2. The number of halogens is 2. The third-order valence-electron chi connectivity index (χ3n) is 7.69. The van der Waals surface area contributed by atoms with Crippen molar-refractivity contribution in [2.45, 2.75) is 52.1 Å². The van der Waals surface area contributed by atoms with Crippen LogP contribution in [0.3, 0.4) is 0 Å². The first-order chi connectivity index (χ1) is 19.6. The summed E-state index contributed by atoms with van der Waals surface area (Å²) in [5, 5.41) is 0. The molecule has 0 radical (unpaired) electrons. The predicted octanol–water partition coefficient (Wildman–Crippen LogP) is 5.22. The number of nitrogens with one attached hydrogen (secondary N) is 1. The van der Waals surface area contributed by atoms with Crippen LogP contribution < -0.4 is 9.62 Å². The molecule has 0 atom stereocenters. The molecule has 1 saturated heterocycles. The van der Waals surface area contributed by atoms with Crippen molar-refractivity contribution in [1.82, 2.24) is 24.4 Å². The Hall–Kier alpha value is -3.64. The number of hydrogen-bond donors (Lipinski definition) is 1. The summed E-state index contributed by atoms with van der Waals surface area (Å²) in [6.45, 7) is 8.14. The molecular formula is C29H35F2N7O2S. The number of pyridine rings is 1. The molecule has 0 spiro atoms. The predicted molar refractivity (Wildman–Crippen MR) is 158 cm³/mol. The maximum absolute atomic E-state index is 15.8. The Balaban J connectivity index is 1.60. The summed E-state index contributed by atoms with van der Waals surface area (Å²) >= 11 is 0. The fourth-order valence-electron chi connectivity index (χ4n) is 5.43. The number of aromatic nitrogens is 4. The van der Waals surface area contributed by atoms with E-state index in [9.17, 15) is 8.42 Å². The molecular weight excluding hydrogens is 548 g/mol. The van der Waals surface area contributed by atoms with Gasteiger partial charge in [0.15, 0.2) is 5.82 Å². The van der Waals surface area contributed by atoms with E-state index in [1.165, 1.54) is 10.9 Å². The average molecular weight is 584 g/mol. The van der Waals surface area contributed by atoms with Gasteiger partial charge >= 0.3 is 0 Å². The molecule has 0 aliphatic carbocycles. The van der Waals surface area contributed by atoms with E-state index in [-0.39, 0.29) is 11.4 Å². The summed E-state index contributed by atoms with van der Waals surface area (Å²) in [7, 11) is -1.77. The van der Waals surface area contributed by atoms with Crippen LogP contribution in [-0.2, 0) is 10.0 Å². The summed E-state index contributed by atoms with van der Waals surface area (Å²) in [5.74, 6) is -1.29. The molecule has 218 valence electrons. The van der Waals surface area contributed by atoms with Crippen molar-refractivity contribution in [2.75, 3.05) is 35.5 Å². The van der Waals surface area contributed by atoms with E-state index in [1.54, 1.807) is 31.6 Å². The zero-order valence-electron chi connectivity index (χ0n) is 23.7. The number of rotatable bonds is 9. The van der Waals surface area contributed by atoms with Gasteiger partial charge in [-0.1, -0.05) is 6.92 Å². The van der Waals surface area contributed by atoms with E-state index in [2.05, 4.69) is 38.3 Å². The fraction of sp³-hybridized carbons (Fsp3) is 0.414. The van der Waals surface area contributed by atoms with Crippen LogP contribution in [0, 0.1) is 11.6 Å². The Morgan fingerprint density at radius 1 is 1.10 bits per heavy atom. The van der Waals surface area contributed by atoms with Gasteiger partial charge in [-0.05, 0) is 57.4 Å². The van der Waals surface area contributed by atoms with Crippen LogP contribution in [-0.4, -0.2) is 70.8 Å². The third-order valence-corrected chi connectivity index (χ3v) is 9.16. The van der Waals surface area contributed by atoms with Gasteiger partial charge in [0, 0.05) is 61.9 Å². The minimum absolute atomic E-state index is 0.180. The lowest BCUT2D eigenvalue weighted by Crippen LogP contribution is -2.45. The van der Waals surface area contributed by atoms with Crippen molar-refractivity contribution >= 4 is 32.6 Å². The smallest absolute Gasteiger partial charge is 0.232 e. The topological polar surface area (TPSA) is 96.2 Å². The Kier molecular flexibility index (Phi) is 8.23. The molecule has 1 fully saturated rings. The molecule has 0 amide bonds. The highest BCUT2D eigenvalue weighted by atomic mass is 32.2. The maximum atomic E-state index is 15.8. The lowest BCUT2D eigenvalue weighted by atomic mass is 10.0. The monoisotopic (exact) mass is 583 g/mol. The van der Waals surface area contributed by atoms with Gasteiger partial charge in [-0.3, -0.25) is 4.72 Å². The SMILES string of the molecule is CCCS(=O)(=O)Nc1ccc(F)c(-n2cc(-c3cncnc3)c3nc(N(C)C4CCN(C(C)C)CC4)ccc32)c1F. The first-order valence-corrected chi connectivity index (χ1v) is 15.5. The van der Waals surface area contributed by atoms with Crippen LogP contribution in [0.5, 0.6) is 0 Å². The van der Waals surface area contributed by atoms with Crippen LogP contribution in [0.25, 0.3) is 27.8 Å². The lowest BCUT2D eigenvalue weighted by Gasteiger charge is -2.39. The second kappa shape index (κ2) is 11.7. The molecule has 1 aliphatic heterocycles. The van der Waals surface area contributed by atoms with Crippen LogP contribution >= 0.6 is 0 Å². The highest BCUT2D eigenvalue weighted by Crippen LogP contribution is 2.36. The van der Waals surface area contributed by atoms with Gasteiger partial charge in [-0.2, -0.15) is 0 Å². The van der Waals surface area contributed by atoms with Crippen LogP contribution in [0.4, 0.5) is 20.3 Å². The number of nitrogens with zero attached hydrogens (tertiary/aromatic N) is 6. The first-order valence-electron chi connectivity index (χ1n) is 13.8. The van der Waals surface area contributed by atoms with E-state index in [1.807, 2.05) is 13.1 Å². The van der Waals surface area contributed by atoms with Gasteiger partial charge in [0.2, 0.25) is 10.0 Å². The molecule has 41 heavy (non-hydrogen) atoms. The second-order valence-electron chi connectivity index (χ2n) is 10.7. The molecule has 9 nitrogen and oxygen atoms in total. The standard InChI is InChI=1S/C29H35F2N7O2S/c1-5-14-41(39,40)35-24-7-6-23(30)29(27(24)31)38-17-22(20-15-32-18-33-16-20)28-25(38)8-9-26(34-28)36(4)21-10-12-37(13-11-21)19(2)3/h6-9,15-19,21,35H,5,10-14H2,1-4H3. The van der Waals surface area contributed by atoms with Crippen molar-refractivity contribution in [3.63, 3.8) is 0 Å². The van der Waals surface area contributed by atoms with E-state index in [0.29, 0.717) is 40.7 Å². The van der Waals surface area contributed by atoms with Crippen molar-refractivity contribution in [2.24, 2.45) is 0 Å². The Morgan fingerprint density at radius 3 is 2.46 bits per heavy atom. The fourth-order valence-corrected chi connectivity index (χ4v) is 6.56. The van der Waals surface area contributed by atoms with E-state index >= 15 is 8.78 Å². The largest absolute Gasteiger partial charge is 0.357 e. The number of likely N-dealkylation sites (tertiary alicyclic amines) is 1. The zero-order valence-corrected chi connectivity index (χ0v) is 24.5. The first kappa shape index (κ1) is 28.9. The molecule has 0 unspecified atom stereocenters. The average Bonchev–Trinajstić information content (AvgIpc) is 3.33. The molecule has 1 aromatic carbocycles. The van der Waals surface area contributed by atoms with Gasteiger partial charge in [-0.25, -0.2) is 32.2 Å². The summed E-state index contributed by atoms with van der Waals surface area (Å²) in [6.07, 6.45) is 8.60. The molecule has 1 aliphatic rings. The van der Waals surface area contributed by atoms with Crippen LogP contribution in [0.1, 0.15) is 40.0 Å². The van der Waals surface area contributed by atoms with Gasteiger partial charge in [0.05, 0.1) is 22.5 Å². The third kappa shape index (κ3) is 5.89. The van der Waals surface area contributed by atoms with Gasteiger partial charge in [0.1, 0.15) is 23.6 Å². The quantitative estimate of drug-likeness (QED) is 0.289. The van der Waals surface area contributed by atoms with Crippen LogP contribution in [0.15, 0.2) is 49.2 Å². The molecule has 4 heterocycles. The number of sulfonamides is 1. The minimum atomic E-state index is -3.79. The Bertz CT molecular complexity index is 1640. The molecule has 5 rings (SSSR count).